The van der Waals surface area contributed by atoms with E-state index in [4.69, 9.17) is 4.74 Å². The maximum Gasteiger partial charge on any atom is 0.191 e. The predicted molar refractivity (Wildman–Crippen MR) is 124 cm³/mol. The molecule has 0 heterocycles. The van der Waals surface area contributed by atoms with Crippen LogP contribution in [0.5, 0.6) is 5.75 Å². The number of ether oxygens (including phenoxy) is 1. The van der Waals surface area contributed by atoms with Crippen molar-refractivity contribution in [3.05, 3.63) is 59.7 Å². The molecular weight excluding hydrogens is 489 g/mol. The molecule has 2 aromatic carbocycles. The Morgan fingerprint density at radius 3 is 2.14 bits per heavy atom. The lowest BCUT2D eigenvalue weighted by Crippen LogP contribution is -2.38. The number of sulfone groups is 1. The second kappa shape index (κ2) is 11.9. The number of halogens is 1. The highest BCUT2D eigenvalue weighted by Gasteiger charge is 2.06. The van der Waals surface area contributed by atoms with E-state index in [1.807, 2.05) is 31.2 Å². The smallest absolute Gasteiger partial charge is 0.191 e. The first kappa shape index (κ1) is 24.2. The van der Waals surface area contributed by atoms with Gasteiger partial charge in [-0.25, -0.2) is 13.4 Å². The van der Waals surface area contributed by atoms with Gasteiger partial charge >= 0.3 is 0 Å². The largest absolute Gasteiger partial charge is 0.497 e. The fourth-order valence-electron chi connectivity index (χ4n) is 2.47. The van der Waals surface area contributed by atoms with Gasteiger partial charge in [-0.05, 0) is 48.7 Å². The van der Waals surface area contributed by atoms with Gasteiger partial charge in [-0.1, -0.05) is 24.3 Å². The minimum atomic E-state index is -3.17. The Morgan fingerprint density at radius 1 is 1.00 bits per heavy atom. The Morgan fingerprint density at radius 2 is 1.61 bits per heavy atom. The highest BCUT2D eigenvalue weighted by molar-refractivity contribution is 14.0. The Hall–Kier alpha value is -1.81. The first-order valence-corrected chi connectivity index (χ1v) is 10.8. The number of hydrogen-bond acceptors (Lipinski definition) is 4. The lowest BCUT2D eigenvalue weighted by molar-refractivity contribution is 0.414. The molecule has 0 unspecified atom stereocenters. The van der Waals surface area contributed by atoms with E-state index in [0.717, 1.165) is 36.8 Å². The quantitative estimate of drug-likeness (QED) is 0.320. The van der Waals surface area contributed by atoms with Gasteiger partial charge in [-0.15, -0.1) is 24.0 Å². The number of guanidine groups is 1. The van der Waals surface area contributed by atoms with Gasteiger partial charge in [-0.2, -0.15) is 0 Å². The van der Waals surface area contributed by atoms with E-state index in [2.05, 4.69) is 15.6 Å². The molecule has 0 aromatic heterocycles. The summed E-state index contributed by atoms with van der Waals surface area (Å²) in [5.74, 6) is 1.58. The van der Waals surface area contributed by atoms with E-state index >= 15 is 0 Å². The van der Waals surface area contributed by atoms with E-state index in [-0.39, 0.29) is 24.0 Å². The van der Waals surface area contributed by atoms with Crippen LogP contribution in [0.3, 0.4) is 0 Å². The molecule has 0 spiro atoms. The summed E-state index contributed by atoms with van der Waals surface area (Å²) in [5, 5.41) is 6.53. The zero-order valence-corrected chi connectivity index (χ0v) is 19.6. The monoisotopic (exact) mass is 517 g/mol. The van der Waals surface area contributed by atoms with Crippen LogP contribution >= 0.6 is 24.0 Å². The minimum Gasteiger partial charge on any atom is -0.497 e. The number of rotatable bonds is 8. The molecule has 154 valence electrons. The molecule has 6 nitrogen and oxygen atoms in total. The first-order chi connectivity index (χ1) is 12.9. The fourth-order valence-corrected chi connectivity index (χ4v) is 3.10. The summed E-state index contributed by atoms with van der Waals surface area (Å²) in [6.07, 6.45) is 2.08. The number of hydrogen-bond donors (Lipinski definition) is 2. The summed E-state index contributed by atoms with van der Waals surface area (Å²) in [5.41, 5.74) is 2.17. The van der Waals surface area contributed by atoms with Gasteiger partial charge in [0.05, 0.1) is 18.6 Å². The van der Waals surface area contributed by atoms with Crippen molar-refractivity contribution in [2.75, 3.05) is 26.5 Å². The normalized spacial score (nSPS) is 11.5. The van der Waals surface area contributed by atoms with Crippen LogP contribution in [0.2, 0.25) is 0 Å². The average molecular weight is 517 g/mol. The molecule has 0 atom stereocenters. The third-order valence-corrected chi connectivity index (χ3v) is 5.11. The van der Waals surface area contributed by atoms with Crippen molar-refractivity contribution in [1.29, 1.82) is 0 Å². The summed E-state index contributed by atoms with van der Waals surface area (Å²) in [6.45, 7) is 4.01. The molecule has 0 aliphatic rings. The SMILES string of the molecule is CCNC(=NCc1ccc(S(C)(=O)=O)cc1)NCCc1ccc(OC)cc1.I. The van der Waals surface area contributed by atoms with E-state index in [1.54, 1.807) is 31.4 Å². The van der Waals surface area contributed by atoms with Crippen LogP contribution in [0.1, 0.15) is 18.1 Å². The maximum atomic E-state index is 11.5. The molecule has 0 saturated heterocycles. The van der Waals surface area contributed by atoms with Gasteiger partial charge in [0.25, 0.3) is 0 Å². The van der Waals surface area contributed by atoms with E-state index < -0.39 is 9.84 Å². The predicted octanol–water partition coefficient (Wildman–Crippen LogP) is 3.01. The Bertz CT molecular complexity index is 851. The molecule has 0 amide bonds. The van der Waals surface area contributed by atoms with Crippen LogP contribution in [-0.2, 0) is 22.8 Å². The highest BCUT2D eigenvalue weighted by atomic mass is 127. The van der Waals surface area contributed by atoms with Crippen LogP contribution in [0.25, 0.3) is 0 Å². The van der Waals surface area contributed by atoms with E-state index in [9.17, 15) is 8.42 Å². The number of nitrogens with zero attached hydrogens (tertiary/aromatic N) is 1. The number of aliphatic imine (C=N–C) groups is 1. The summed E-state index contributed by atoms with van der Waals surface area (Å²) in [6, 6.07) is 14.8. The zero-order valence-electron chi connectivity index (χ0n) is 16.4. The molecule has 0 saturated carbocycles. The molecule has 2 rings (SSSR count). The summed E-state index contributed by atoms with van der Waals surface area (Å²) >= 11 is 0. The number of benzene rings is 2. The second-order valence-electron chi connectivity index (χ2n) is 6.14. The van der Waals surface area contributed by atoms with Crippen molar-refractivity contribution in [1.82, 2.24) is 10.6 Å². The summed E-state index contributed by atoms with van der Waals surface area (Å²) < 4.78 is 28.2. The third-order valence-electron chi connectivity index (χ3n) is 3.98. The van der Waals surface area contributed by atoms with Gasteiger partial charge in [-0.3, -0.25) is 0 Å². The van der Waals surface area contributed by atoms with Gasteiger partial charge in [0.2, 0.25) is 0 Å². The summed E-state index contributed by atoms with van der Waals surface area (Å²) in [4.78, 5) is 4.88. The Balaban J connectivity index is 0.00000392. The van der Waals surface area contributed by atoms with Gasteiger partial charge < -0.3 is 15.4 Å². The Labute approximate surface area is 184 Å². The fraction of sp³-hybridized carbons (Fsp3) is 0.350. The van der Waals surface area contributed by atoms with Crippen LogP contribution in [0.4, 0.5) is 0 Å². The topological polar surface area (TPSA) is 79.8 Å². The van der Waals surface area contributed by atoms with E-state index in [0.29, 0.717) is 11.4 Å². The molecule has 2 N–H and O–H groups in total. The standard InChI is InChI=1S/C20H27N3O3S.HI/c1-4-21-20(22-14-13-16-5-9-18(26-2)10-6-16)23-15-17-7-11-19(12-8-17)27(3,24)25;/h5-12H,4,13-15H2,1-3H3,(H2,21,22,23);1H. The maximum absolute atomic E-state index is 11.5. The summed E-state index contributed by atoms with van der Waals surface area (Å²) in [7, 11) is -1.51. The molecule has 0 bridgehead atoms. The van der Waals surface area contributed by atoms with Gasteiger partial charge in [0.15, 0.2) is 15.8 Å². The highest BCUT2D eigenvalue weighted by Crippen LogP contribution is 2.12. The molecule has 0 fully saturated rings. The third kappa shape index (κ3) is 8.05. The van der Waals surface area contributed by atoms with Crippen LogP contribution < -0.4 is 15.4 Å². The van der Waals surface area contributed by atoms with Gasteiger partial charge in [0, 0.05) is 19.3 Å². The van der Waals surface area contributed by atoms with Crippen LogP contribution in [0, 0.1) is 0 Å². The van der Waals surface area contributed by atoms with E-state index in [1.165, 1.54) is 11.8 Å². The Kier molecular flexibility index (Phi) is 10.3. The average Bonchev–Trinajstić information content (AvgIpc) is 2.66. The second-order valence-corrected chi connectivity index (χ2v) is 8.15. The van der Waals surface area contributed by atoms with Crippen molar-refractivity contribution in [3.63, 3.8) is 0 Å². The lowest BCUT2D eigenvalue weighted by atomic mass is 10.1. The van der Waals surface area contributed by atoms with Crippen molar-refractivity contribution < 1.29 is 13.2 Å². The minimum absolute atomic E-state index is 0. The van der Waals surface area contributed by atoms with Crippen LogP contribution in [0.15, 0.2) is 58.4 Å². The number of nitrogens with one attached hydrogen (secondary N) is 2. The molecule has 28 heavy (non-hydrogen) atoms. The zero-order chi connectivity index (χ0) is 19.7. The number of methoxy groups -OCH3 is 1. The molecular formula is C20H28IN3O3S. The van der Waals surface area contributed by atoms with Crippen molar-refractivity contribution >= 4 is 39.8 Å². The van der Waals surface area contributed by atoms with Crippen LogP contribution in [-0.4, -0.2) is 40.8 Å². The molecule has 2 aromatic rings. The molecule has 0 aliphatic carbocycles. The molecule has 8 heteroatoms. The first-order valence-electron chi connectivity index (χ1n) is 8.86. The van der Waals surface area contributed by atoms with Gasteiger partial charge in [0.1, 0.15) is 5.75 Å². The van der Waals surface area contributed by atoms with Crippen molar-refractivity contribution in [3.8, 4) is 5.75 Å². The molecule has 0 radical (unpaired) electrons. The lowest BCUT2D eigenvalue weighted by Gasteiger charge is -2.11. The van der Waals surface area contributed by atoms with Crippen molar-refractivity contribution in [2.24, 2.45) is 4.99 Å². The molecule has 0 aliphatic heterocycles. The van der Waals surface area contributed by atoms with Crippen molar-refractivity contribution in [2.45, 2.75) is 24.8 Å².